The quantitative estimate of drug-likeness (QED) is 0.734. The molecule has 0 fully saturated rings. The van der Waals surface area contributed by atoms with Gasteiger partial charge in [0.15, 0.2) is 0 Å². The summed E-state index contributed by atoms with van der Waals surface area (Å²) in [5.74, 6) is 0.221. The number of carbonyl (C=O) groups is 1. The minimum absolute atomic E-state index is 0.0346. The Kier molecular flexibility index (Phi) is 2.86. The normalized spacial score (nSPS) is 15.1. The van der Waals surface area contributed by atoms with Crippen molar-refractivity contribution in [1.82, 2.24) is 0 Å². The third-order valence-corrected chi connectivity index (χ3v) is 2.99. The molecule has 2 N–H and O–H groups in total. The number of carbonyl (C=O) groups excluding carboxylic acids is 1. The van der Waals surface area contributed by atoms with Crippen LogP contribution in [0.1, 0.15) is 25.8 Å². The first kappa shape index (κ1) is 11.0. The van der Waals surface area contributed by atoms with Crippen molar-refractivity contribution in [3.05, 3.63) is 23.8 Å². The highest BCUT2D eigenvalue weighted by molar-refractivity contribution is 5.96. The number of nitrogens with two attached hydrogens (primary N) is 1. The van der Waals surface area contributed by atoms with Crippen LogP contribution in [0.25, 0.3) is 0 Å². The fourth-order valence-corrected chi connectivity index (χ4v) is 2.13. The van der Waals surface area contributed by atoms with Crippen molar-refractivity contribution in [3.8, 4) is 0 Å². The van der Waals surface area contributed by atoms with Gasteiger partial charge in [-0.3, -0.25) is 4.79 Å². The first-order valence-electron chi connectivity index (χ1n) is 5.79. The Morgan fingerprint density at radius 2 is 2.19 bits per heavy atom. The summed E-state index contributed by atoms with van der Waals surface area (Å²) in [7, 11) is 0. The summed E-state index contributed by atoms with van der Waals surface area (Å²) in [5.41, 5.74) is 8.74. The van der Waals surface area contributed by atoms with Gasteiger partial charge in [0.1, 0.15) is 0 Å². The van der Waals surface area contributed by atoms with Crippen LogP contribution in [0.5, 0.6) is 0 Å². The average molecular weight is 218 g/mol. The molecule has 2 rings (SSSR count). The lowest BCUT2D eigenvalue weighted by Gasteiger charge is -2.31. The highest BCUT2D eigenvalue weighted by atomic mass is 16.2. The maximum Gasteiger partial charge on any atom is 0.229 e. The Morgan fingerprint density at radius 3 is 2.88 bits per heavy atom. The molecule has 0 saturated carbocycles. The standard InChI is InChI=1S/C13H18N2O/c1-9(2)13(16)15-7-3-4-10-5-6-11(14)8-12(10)15/h5-6,8-9H,3-4,7,14H2,1-2H3. The van der Waals surface area contributed by atoms with Gasteiger partial charge in [-0.05, 0) is 30.5 Å². The molecule has 0 aromatic heterocycles. The van der Waals surface area contributed by atoms with E-state index in [9.17, 15) is 4.79 Å². The number of anilines is 2. The molecular formula is C13H18N2O. The van der Waals surface area contributed by atoms with Crippen LogP contribution in [0.15, 0.2) is 18.2 Å². The van der Waals surface area contributed by atoms with E-state index in [1.807, 2.05) is 36.9 Å². The van der Waals surface area contributed by atoms with Crippen molar-refractivity contribution >= 4 is 17.3 Å². The molecule has 0 bridgehead atoms. The van der Waals surface area contributed by atoms with E-state index < -0.39 is 0 Å². The number of fused-ring (bicyclic) bond motifs is 1. The molecule has 1 heterocycles. The molecule has 3 heteroatoms. The fourth-order valence-electron chi connectivity index (χ4n) is 2.13. The average Bonchev–Trinajstić information content (AvgIpc) is 2.27. The Morgan fingerprint density at radius 1 is 1.44 bits per heavy atom. The van der Waals surface area contributed by atoms with Crippen LogP contribution in [0.2, 0.25) is 0 Å². The van der Waals surface area contributed by atoms with E-state index in [1.54, 1.807) is 0 Å². The van der Waals surface area contributed by atoms with Gasteiger partial charge in [-0.2, -0.15) is 0 Å². The molecule has 0 spiro atoms. The Balaban J connectivity index is 2.39. The lowest BCUT2D eigenvalue weighted by atomic mass is 10.00. The zero-order valence-corrected chi connectivity index (χ0v) is 9.86. The van der Waals surface area contributed by atoms with Crippen LogP contribution < -0.4 is 10.6 Å². The summed E-state index contributed by atoms with van der Waals surface area (Å²) in [6.45, 7) is 4.68. The summed E-state index contributed by atoms with van der Waals surface area (Å²) < 4.78 is 0. The first-order chi connectivity index (χ1) is 7.59. The Hall–Kier alpha value is -1.51. The van der Waals surface area contributed by atoms with Crippen molar-refractivity contribution in [2.24, 2.45) is 5.92 Å². The van der Waals surface area contributed by atoms with Gasteiger partial charge < -0.3 is 10.6 Å². The highest BCUT2D eigenvalue weighted by Crippen LogP contribution is 2.30. The van der Waals surface area contributed by atoms with Gasteiger partial charge in [0.25, 0.3) is 0 Å². The van der Waals surface area contributed by atoms with Gasteiger partial charge in [-0.25, -0.2) is 0 Å². The highest BCUT2D eigenvalue weighted by Gasteiger charge is 2.24. The van der Waals surface area contributed by atoms with Gasteiger partial charge in [0.05, 0.1) is 0 Å². The molecule has 0 atom stereocenters. The molecule has 1 aromatic rings. The zero-order chi connectivity index (χ0) is 11.7. The summed E-state index contributed by atoms with van der Waals surface area (Å²) in [6, 6.07) is 5.85. The van der Waals surface area contributed by atoms with Gasteiger partial charge in [0.2, 0.25) is 5.91 Å². The molecule has 0 saturated heterocycles. The van der Waals surface area contributed by atoms with Gasteiger partial charge >= 0.3 is 0 Å². The second-order valence-corrected chi connectivity index (χ2v) is 4.64. The third kappa shape index (κ3) is 1.90. The van der Waals surface area contributed by atoms with E-state index >= 15 is 0 Å². The predicted molar refractivity (Wildman–Crippen MR) is 66.4 cm³/mol. The lowest BCUT2D eigenvalue weighted by Crippen LogP contribution is -2.38. The summed E-state index contributed by atoms with van der Waals surface area (Å²) >= 11 is 0. The van der Waals surface area contributed by atoms with Crippen molar-refractivity contribution in [1.29, 1.82) is 0 Å². The van der Waals surface area contributed by atoms with Crippen LogP contribution in [-0.4, -0.2) is 12.5 Å². The SMILES string of the molecule is CC(C)C(=O)N1CCCc2ccc(N)cc21. The minimum atomic E-state index is 0.0346. The number of amides is 1. The van der Waals surface area contributed by atoms with Crippen molar-refractivity contribution in [3.63, 3.8) is 0 Å². The maximum absolute atomic E-state index is 12.1. The third-order valence-electron chi connectivity index (χ3n) is 2.99. The second-order valence-electron chi connectivity index (χ2n) is 4.64. The largest absolute Gasteiger partial charge is 0.399 e. The molecule has 86 valence electrons. The van der Waals surface area contributed by atoms with Gasteiger partial charge in [-0.1, -0.05) is 19.9 Å². The smallest absolute Gasteiger partial charge is 0.229 e. The minimum Gasteiger partial charge on any atom is -0.399 e. The van der Waals surface area contributed by atoms with Crippen LogP contribution in [0.3, 0.4) is 0 Å². The van der Waals surface area contributed by atoms with Crippen LogP contribution >= 0.6 is 0 Å². The van der Waals surface area contributed by atoms with Crippen LogP contribution in [-0.2, 0) is 11.2 Å². The van der Waals surface area contributed by atoms with Crippen molar-refractivity contribution < 1.29 is 4.79 Å². The molecule has 1 aliphatic rings. The van der Waals surface area contributed by atoms with Crippen LogP contribution in [0.4, 0.5) is 11.4 Å². The molecular weight excluding hydrogens is 200 g/mol. The molecule has 3 nitrogen and oxygen atoms in total. The molecule has 1 aliphatic heterocycles. The zero-order valence-electron chi connectivity index (χ0n) is 9.86. The van der Waals surface area contributed by atoms with E-state index in [0.717, 1.165) is 30.8 Å². The number of hydrogen-bond donors (Lipinski definition) is 1. The molecule has 0 unspecified atom stereocenters. The molecule has 1 amide bonds. The number of nitrogens with zero attached hydrogens (tertiary/aromatic N) is 1. The van der Waals surface area contributed by atoms with Gasteiger partial charge in [0, 0.05) is 23.8 Å². The van der Waals surface area contributed by atoms with E-state index in [-0.39, 0.29) is 11.8 Å². The van der Waals surface area contributed by atoms with E-state index in [2.05, 4.69) is 0 Å². The molecule has 0 radical (unpaired) electrons. The number of rotatable bonds is 1. The first-order valence-corrected chi connectivity index (χ1v) is 5.79. The van der Waals surface area contributed by atoms with Crippen molar-refractivity contribution in [2.75, 3.05) is 17.2 Å². The number of benzene rings is 1. The number of nitrogen functional groups attached to an aromatic ring is 1. The van der Waals surface area contributed by atoms with E-state index in [4.69, 9.17) is 5.73 Å². The summed E-state index contributed by atoms with van der Waals surface area (Å²) in [5, 5.41) is 0. The Labute approximate surface area is 96.2 Å². The predicted octanol–water partition coefficient (Wildman–Crippen LogP) is 2.20. The van der Waals surface area contributed by atoms with E-state index in [1.165, 1.54) is 5.56 Å². The molecule has 16 heavy (non-hydrogen) atoms. The van der Waals surface area contributed by atoms with Crippen molar-refractivity contribution in [2.45, 2.75) is 26.7 Å². The molecule has 1 aromatic carbocycles. The Bertz CT molecular complexity index is 412. The van der Waals surface area contributed by atoms with E-state index in [0.29, 0.717) is 0 Å². The number of aryl methyl sites for hydroxylation is 1. The lowest BCUT2D eigenvalue weighted by molar-refractivity contribution is -0.121. The maximum atomic E-state index is 12.1. The monoisotopic (exact) mass is 218 g/mol. The van der Waals surface area contributed by atoms with Gasteiger partial charge in [-0.15, -0.1) is 0 Å². The summed E-state index contributed by atoms with van der Waals surface area (Å²) in [4.78, 5) is 13.9. The fraction of sp³-hybridized carbons (Fsp3) is 0.462. The molecule has 0 aliphatic carbocycles. The topological polar surface area (TPSA) is 46.3 Å². The van der Waals surface area contributed by atoms with Crippen LogP contribution in [0, 0.1) is 5.92 Å². The number of hydrogen-bond acceptors (Lipinski definition) is 2. The summed E-state index contributed by atoms with van der Waals surface area (Å²) in [6.07, 6.45) is 2.08. The second kappa shape index (κ2) is 4.16.